The minimum atomic E-state index is -4.37. The number of rotatable bonds is 4. The Morgan fingerprint density at radius 2 is 1.62 bits per heavy atom. The minimum absolute atomic E-state index is 0.145. The molecule has 0 saturated heterocycles. The molecule has 2 aliphatic rings. The first-order chi connectivity index (χ1) is 13.7. The molecule has 2 aromatic rings. The Bertz CT molecular complexity index is 1120. The van der Waals surface area contributed by atoms with Crippen molar-refractivity contribution < 1.29 is 27.5 Å². The van der Waals surface area contributed by atoms with E-state index in [0.29, 0.717) is 5.69 Å². The van der Waals surface area contributed by atoms with Crippen molar-refractivity contribution >= 4 is 39.3 Å². The van der Waals surface area contributed by atoms with Crippen molar-refractivity contribution in [2.24, 2.45) is 0 Å². The van der Waals surface area contributed by atoms with Crippen LogP contribution in [-0.4, -0.2) is 25.5 Å². The van der Waals surface area contributed by atoms with E-state index in [9.17, 15) is 18.0 Å². The van der Waals surface area contributed by atoms with Crippen molar-refractivity contribution in [1.29, 1.82) is 0 Å². The van der Waals surface area contributed by atoms with Crippen molar-refractivity contribution in [1.82, 2.24) is 4.72 Å². The van der Waals surface area contributed by atoms with E-state index < -0.39 is 32.9 Å². The van der Waals surface area contributed by atoms with Crippen molar-refractivity contribution in [3.05, 3.63) is 44.7 Å². The summed E-state index contributed by atoms with van der Waals surface area (Å²) in [5.41, 5.74) is 4.77. The van der Waals surface area contributed by atoms with Crippen molar-refractivity contribution in [2.45, 2.75) is 50.5 Å². The summed E-state index contributed by atoms with van der Waals surface area (Å²) < 4.78 is 31.7. The van der Waals surface area contributed by atoms with Crippen molar-refractivity contribution in [2.75, 3.05) is 5.32 Å². The third kappa shape index (κ3) is 3.38. The summed E-state index contributed by atoms with van der Waals surface area (Å²) in [5.74, 6) is -1.88. The van der Waals surface area contributed by atoms with Crippen LogP contribution in [-0.2, 0) is 35.7 Å². The number of fused-ring (bicyclic) bond motifs is 2. The lowest BCUT2D eigenvalue weighted by Crippen LogP contribution is -2.34. The maximum Gasteiger partial charge on any atom is 0.372 e. The molecule has 0 saturated carbocycles. The second-order valence-electron chi connectivity index (χ2n) is 7.25. The number of nitrogens with one attached hydrogen (secondary N) is 2. The number of benzene rings is 1. The summed E-state index contributed by atoms with van der Waals surface area (Å²) in [6.07, 6.45) is 5.06. The zero-order valence-corrected chi connectivity index (χ0v) is 17.2. The highest BCUT2D eigenvalue weighted by atomic mass is 35.5. The largest absolute Gasteiger partial charge is 0.475 e. The van der Waals surface area contributed by atoms with Gasteiger partial charge < -0.3 is 14.8 Å². The fraction of sp³-hybridized carbons (Fsp3) is 0.368. The quantitative estimate of drug-likeness (QED) is 0.671. The molecule has 0 aliphatic heterocycles. The number of carboxylic acid groups (broad SMARTS) is 1. The molecule has 29 heavy (non-hydrogen) atoms. The summed E-state index contributed by atoms with van der Waals surface area (Å²) in [7, 11) is -4.37. The number of halogens is 1. The van der Waals surface area contributed by atoms with Crippen LogP contribution in [0.15, 0.2) is 15.6 Å². The number of carboxylic acids is 1. The Morgan fingerprint density at radius 1 is 1.07 bits per heavy atom. The van der Waals surface area contributed by atoms with E-state index in [4.69, 9.17) is 21.1 Å². The van der Waals surface area contributed by atoms with Crippen LogP contribution in [0.4, 0.5) is 10.5 Å². The topological polar surface area (TPSA) is 126 Å². The normalized spacial score (nSPS) is 15.1. The fourth-order valence-electron chi connectivity index (χ4n) is 4.15. The molecule has 0 fully saturated rings. The molecule has 2 aliphatic carbocycles. The van der Waals surface area contributed by atoms with Gasteiger partial charge in [0.2, 0.25) is 10.9 Å². The number of anilines is 1. The zero-order chi connectivity index (χ0) is 20.9. The second kappa shape index (κ2) is 7.07. The molecule has 0 radical (unpaired) electrons. The molecule has 8 nitrogen and oxygen atoms in total. The summed E-state index contributed by atoms with van der Waals surface area (Å²) in [6.45, 7) is 1.41. The smallest absolute Gasteiger partial charge is 0.372 e. The predicted molar refractivity (Wildman–Crippen MR) is 105 cm³/mol. The number of aromatic carboxylic acids is 1. The molecular weight excluding hydrogens is 420 g/mol. The first-order valence-electron chi connectivity index (χ1n) is 9.21. The van der Waals surface area contributed by atoms with E-state index in [1.807, 2.05) is 4.72 Å². The monoisotopic (exact) mass is 438 g/mol. The molecular formula is C19H19ClN2O6S. The Morgan fingerprint density at radius 3 is 2.14 bits per heavy atom. The number of hydrogen-bond acceptors (Lipinski definition) is 5. The molecule has 1 aromatic heterocycles. The van der Waals surface area contributed by atoms with Crippen LogP contribution in [0.2, 0.25) is 5.02 Å². The van der Waals surface area contributed by atoms with Gasteiger partial charge >= 0.3 is 12.0 Å². The van der Waals surface area contributed by atoms with Gasteiger partial charge in [-0.2, -0.15) is 8.42 Å². The Balaban J connectivity index is 1.61. The van der Waals surface area contributed by atoms with Gasteiger partial charge in [0.05, 0.1) is 0 Å². The lowest BCUT2D eigenvalue weighted by atomic mass is 9.98. The lowest BCUT2D eigenvalue weighted by Gasteiger charge is -2.18. The molecule has 1 aromatic carbocycles. The number of carbonyl (C=O) groups is 2. The number of aryl methyl sites for hydroxylation is 1. The van der Waals surface area contributed by atoms with Crippen LogP contribution in [0.25, 0.3) is 0 Å². The molecule has 0 bridgehead atoms. The van der Waals surface area contributed by atoms with Gasteiger partial charge in [0.15, 0.2) is 0 Å². The average molecular weight is 439 g/mol. The molecule has 10 heteroatoms. The van der Waals surface area contributed by atoms with Crippen LogP contribution in [0, 0.1) is 6.92 Å². The Labute approximate surface area is 172 Å². The molecule has 0 unspecified atom stereocenters. The van der Waals surface area contributed by atoms with E-state index in [1.54, 1.807) is 0 Å². The molecule has 2 amide bonds. The van der Waals surface area contributed by atoms with Gasteiger partial charge in [-0.25, -0.2) is 14.3 Å². The van der Waals surface area contributed by atoms with E-state index >= 15 is 0 Å². The maximum absolute atomic E-state index is 12.5. The molecule has 0 atom stereocenters. The van der Waals surface area contributed by atoms with Gasteiger partial charge in [-0.15, -0.1) is 0 Å². The summed E-state index contributed by atoms with van der Waals surface area (Å²) in [4.78, 5) is 23.6. The van der Waals surface area contributed by atoms with Gasteiger partial charge in [0.1, 0.15) is 0 Å². The number of furan rings is 1. The third-order valence-corrected chi connectivity index (χ3v) is 7.03. The highest BCUT2D eigenvalue weighted by Crippen LogP contribution is 2.44. The van der Waals surface area contributed by atoms with E-state index in [2.05, 4.69) is 5.32 Å². The summed E-state index contributed by atoms with van der Waals surface area (Å²) in [6, 6.07) is 0.137. The standard InChI is InChI=1S/C19H19ClN2O6S/c1-9-8-14(28-17(9)18(23)24)29(26,27)22-19(25)21-16-12-6-2-4-10(12)15(20)11-5-3-7-13(11)16/h8H,2-7H2,1H3,(H,23,24)(H2,21,22,25). The maximum atomic E-state index is 12.5. The van der Waals surface area contributed by atoms with Crippen LogP contribution in [0.5, 0.6) is 0 Å². The van der Waals surface area contributed by atoms with E-state index in [1.165, 1.54) is 6.92 Å². The van der Waals surface area contributed by atoms with Crippen LogP contribution < -0.4 is 10.0 Å². The molecule has 0 spiro atoms. The van der Waals surface area contributed by atoms with E-state index in [0.717, 1.165) is 71.9 Å². The molecule has 154 valence electrons. The predicted octanol–water partition coefficient (Wildman–Crippen LogP) is 3.43. The van der Waals surface area contributed by atoms with Gasteiger partial charge in [0.25, 0.3) is 10.0 Å². The summed E-state index contributed by atoms with van der Waals surface area (Å²) >= 11 is 6.55. The van der Waals surface area contributed by atoms with Gasteiger partial charge in [-0.1, -0.05) is 11.6 Å². The number of carbonyl (C=O) groups excluding carboxylic acids is 1. The first kappa shape index (κ1) is 19.8. The first-order valence-corrected chi connectivity index (χ1v) is 11.1. The second-order valence-corrected chi connectivity index (χ2v) is 9.24. The zero-order valence-electron chi connectivity index (χ0n) is 15.6. The Kier molecular flexibility index (Phi) is 4.82. The van der Waals surface area contributed by atoms with Gasteiger partial charge in [0, 0.05) is 22.3 Å². The van der Waals surface area contributed by atoms with Crippen molar-refractivity contribution in [3.8, 4) is 0 Å². The summed E-state index contributed by atoms with van der Waals surface area (Å²) in [5, 5.41) is 11.9. The fourth-order valence-corrected chi connectivity index (χ4v) is 5.49. The highest BCUT2D eigenvalue weighted by Gasteiger charge is 2.30. The molecule has 1 heterocycles. The SMILES string of the molecule is Cc1cc(S(=O)(=O)NC(=O)Nc2c3c(c(Cl)c4c2CCC4)CCC3)oc1C(=O)O. The average Bonchev–Trinajstić information content (AvgIpc) is 3.36. The Hall–Kier alpha value is -2.52. The lowest BCUT2D eigenvalue weighted by molar-refractivity contribution is 0.0655. The number of urea groups is 1. The van der Waals surface area contributed by atoms with Gasteiger partial charge in [-0.05, 0) is 67.7 Å². The van der Waals surface area contributed by atoms with E-state index in [-0.39, 0.29) is 5.56 Å². The molecule has 4 rings (SSSR count). The third-order valence-electron chi connectivity index (χ3n) is 5.39. The number of sulfonamides is 1. The molecule has 3 N–H and O–H groups in total. The number of amides is 2. The van der Waals surface area contributed by atoms with Crippen LogP contribution in [0.1, 0.15) is 51.2 Å². The van der Waals surface area contributed by atoms with Crippen LogP contribution >= 0.6 is 11.6 Å². The highest BCUT2D eigenvalue weighted by molar-refractivity contribution is 7.89. The number of hydrogen-bond donors (Lipinski definition) is 3. The minimum Gasteiger partial charge on any atom is -0.475 e. The van der Waals surface area contributed by atoms with Crippen molar-refractivity contribution in [3.63, 3.8) is 0 Å². The van der Waals surface area contributed by atoms with Gasteiger partial charge in [-0.3, -0.25) is 0 Å². The van der Waals surface area contributed by atoms with Crippen LogP contribution in [0.3, 0.4) is 0 Å².